The molecule has 0 atom stereocenters. The highest BCUT2D eigenvalue weighted by molar-refractivity contribution is 5.89. The summed E-state index contributed by atoms with van der Waals surface area (Å²) in [6, 6.07) is 1.93. The van der Waals surface area contributed by atoms with Crippen LogP contribution in [0.4, 0.5) is 0 Å². The molecule has 1 aromatic heterocycles. The number of nitriles is 1. The predicted molar refractivity (Wildman–Crippen MR) is 47.9 cm³/mol. The van der Waals surface area contributed by atoms with Crippen molar-refractivity contribution in [1.82, 2.24) is 4.98 Å². The Kier molecular flexibility index (Phi) is 1.93. The van der Waals surface area contributed by atoms with E-state index in [0.29, 0.717) is 0 Å². The molecule has 0 bridgehead atoms. The quantitative estimate of drug-likeness (QED) is 0.717. The van der Waals surface area contributed by atoms with Crippen LogP contribution in [0.15, 0.2) is 6.20 Å². The predicted octanol–water partition coefficient (Wildman–Crippen LogP) is 1.14. The van der Waals surface area contributed by atoms with E-state index in [1.165, 1.54) is 0 Å². The maximum atomic E-state index is 10.8. The van der Waals surface area contributed by atoms with Crippen LogP contribution in [0.5, 0.6) is 0 Å². The average molecular weight is 188 g/mol. The first kappa shape index (κ1) is 8.70. The van der Waals surface area contributed by atoms with Gasteiger partial charge in [0, 0.05) is 6.20 Å². The summed E-state index contributed by atoms with van der Waals surface area (Å²) in [5.74, 6) is -1.13. The summed E-state index contributed by atoms with van der Waals surface area (Å²) < 4.78 is 0. The van der Waals surface area contributed by atoms with Crippen LogP contribution in [0.25, 0.3) is 0 Å². The largest absolute Gasteiger partial charge is 0.476 e. The van der Waals surface area contributed by atoms with Crippen LogP contribution < -0.4 is 0 Å². The highest BCUT2D eigenvalue weighted by Crippen LogP contribution is 2.25. The minimum absolute atomic E-state index is 0.117. The van der Waals surface area contributed by atoms with Gasteiger partial charge in [-0.15, -0.1) is 0 Å². The number of hydrogen-bond donors (Lipinski definition) is 1. The van der Waals surface area contributed by atoms with Gasteiger partial charge in [-0.3, -0.25) is 0 Å². The van der Waals surface area contributed by atoms with E-state index in [2.05, 4.69) is 4.98 Å². The smallest absolute Gasteiger partial charge is 0.355 e. The topological polar surface area (TPSA) is 74.0 Å². The number of rotatable bonds is 1. The second-order valence-corrected chi connectivity index (χ2v) is 3.26. The molecule has 1 heterocycles. The zero-order chi connectivity index (χ0) is 10.1. The lowest BCUT2D eigenvalue weighted by atomic mass is 10.0. The Balaban J connectivity index is 2.67. The van der Waals surface area contributed by atoms with Gasteiger partial charge in [0.25, 0.3) is 0 Å². The molecule has 0 unspecified atom stereocenters. The van der Waals surface area contributed by atoms with Crippen molar-refractivity contribution in [3.8, 4) is 6.07 Å². The van der Waals surface area contributed by atoms with Crippen molar-refractivity contribution in [2.24, 2.45) is 0 Å². The van der Waals surface area contributed by atoms with Crippen molar-refractivity contribution < 1.29 is 9.90 Å². The summed E-state index contributed by atoms with van der Waals surface area (Å²) in [4.78, 5) is 14.6. The summed E-state index contributed by atoms with van der Waals surface area (Å²) in [6.07, 6.45) is 4.25. The molecule has 0 amide bonds. The number of aromatic nitrogens is 1. The van der Waals surface area contributed by atoms with Gasteiger partial charge in [-0.25, -0.2) is 9.78 Å². The van der Waals surface area contributed by atoms with Crippen LogP contribution in [0.3, 0.4) is 0 Å². The number of nitrogens with zero attached hydrogens (tertiary/aromatic N) is 2. The highest BCUT2D eigenvalue weighted by Gasteiger charge is 2.21. The molecule has 1 aliphatic rings. The second kappa shape index (κ2) is 3.11. The Morgan fingerprint density at radius 1 is 1.57 bits per heavy atom. The van der Waals surface area contributed by atoms with Crippen LogP contribution in [-0.4, -0.2) is 16.1 Å². The summed E-state index contributed by atoms with van der Waals surface area (Å²) in [6.45, 7) is 0. The van der Waals surface area contributed by atoms with E-state index in [1.54, 1.807) is 6.20 Å². The van der Waals surface area contributed by atoms with Crippen molar-refractivity contribution in [2.45, 2.75) is 19.3 Å². The van der Waals surface area contributed by atoms with Gasteiger partial charge in [0.2, 0.25) is 0 Å². The molecule has 4 heteroatoms. The van der Waals surface area contributed by atoms with Gasteiger partial charge < -0.3 is 5.11 Å². The molecule has 0 fully saturated rings. The van der Waals surface area contributed by atoms with Gasteiger partial charge in [0.05, 0.1) is 5.56 Å². The molecule has 0 spiro atoms. The lowest BCUT2D eigenvalue weighted by Crippen LogP contribution is -2.06. The SMILES string of the molecule is N#Cc1c(C(=O)O)ncc2c1CCC2. The molecule has 1 aliphatic carbocycles. The van der Waals surface area contributed by atoms with Crippen molar-refractivity contribution in [1.29, 1.82) is 5.26 Å². The number of carboxylic acids is 1. The number of aryl methyl sites for hydroxylation is 1. The Bertz CT molecular complexity index is 446. The molecular formula is C10H8N2O2. The Hall–Kier alpha value is -1.89. The van der Waals surface area contributed by atoms with Crippen molar-refractivity contribution in [3.05, 3.63) is 28.6 Å². The zero-order valence-electron chi connectivity index (χ0n) is 7.45. The van der Waals surface area contributed by atoms with E-state index in [-0.39, 0.29) is 11.3 Å². The maximum Gasteiger partial charge on any atom is 0.355 e. The van der Waals surface area contributed by atoms with Crippen LogP contribution >= 0.6 is 0 Å². The molecule has 0 radical (unpaired) electrons. The van der Waals surface area contributed by atoms with E-state index in [1.807, 2.05) is 6.07 Å². The van der Waals surface area contributed by atoms with Crippen LogP contribution in [0.1, 0.15) is 33.6 Å². The molecule has 0 aliphatic heterocycles. The fourth-order valence-electron chi connectivity index (χ4n) is 1.83. The van der Waals surface area contributed by atoms with Gasteiger partial charge in [-0.05, 0) is 30.4 Å². The minimum atomic E-state index is -1.13. The second-order valence-electron chi connectivity index (χ2n) is 3.26. The molecule has 1 aromatic rings. The number of aromatic carboxylic acids is 1. The van der Waals surface area contributed by atoms with E-state index in [0.717, 1.165) is 30.4 Å². The van der Waals surface area contributed by atoms with Crippen LogP contribution in [0, 0.1) is 11.3 Å². The highest BCUT2D eigenvalue weighted by atomic mass is 16.4. The van der Waals surface area contributed by atoms with Gasteiger partial charge in [-0.1, -0.05) is 0 Å². The van der Waals surface area contributed by atoms with Gasteiger partial charge >= 0.3 is 5.97 Å². The molecule has 14 heavy (non-hydrogen) atoms. The third-order valence-corrected chi connectivity index (χ3v) is 2.46. The Labute approximate surface area is 80.8 Å². The monoisotopic (exact) mass is 188 g/mol. The summed E-state index contributed by atoms with van der Waals surface area (Å²) in [5.41, 5.74) is 2.02. The molecular weight excluding hydrogens is 180 g/mol. The third-order valence-electron chi connectivity index (χ3n) is 2.46. The fourth-order valence-corrected chi connectivity index (χ4v) is 1.83. The summed E-state index contributed by atoms with van der Waals surface area (Å²) in [5, 5.41) is 17.7. The Morgan fingerprint density at radius 3 is 3.00 bits per heavy atom. The van der Waals surface area contributed by atoms with E-state index >= 15 is 0 Å². The van der Waals surface area contributed by atoms with E-state index in [4.69, 9.17) is 10.4 Å². The first-order valence-corrected chi connectivity index (χ1v) is 4.38. The molecule has 0 aromatic carbocycles. The van der Waals surface area contributed by atoms with Gasteiger partial charge in [-0.2, -0.15) is 5.26 Å². The third kappa shape index (κ3) is 1.14. The number of pyridine rings is 1. The first-order chi connectivity index (χ1) is 6.74. The standard InChI is InChI=1S/C10H8N2O2/c11-4-8-7-3-1-2-6(7)5-12-9(8)10(13)14/h5H,1-3H2,(H,13,14). The molecule has 1 N–H and O–H groups in total. The number of carboxylic acid groups (broad SMARTS) is 1. The van der Waals surface area contributed by atoms with Crippen LogP contribution in [-0.2, 0) is 12.8 Å². The Morgan fingerprint density at radius 2 is 2.36 bits per heavy atom. The lowest BCUT2D eigenvalue weighted by molar-refractivity contribution is 0.0690. The average Bonchev–Trinajstić information content (AvgIpc) is 2.63. The molecule has 0 saturated carbocycles. The zero-order valence-corrected chi connectivity index (χ0v) is 7.45. The summed E-state index contributed by atoms with van der Waals surface area (Å²) >= 11 is 0. The van der Waals surface area contributed by atoms with E-state index < -0.39 is 5.97 Å². The van der Waals surface area contributed by atoms with Crippen molar-refractivity contribution in [2.75, 3.05) is 0 Å². The first-order valence-electron chi connectivity index (χ1n) is 4.38. The number of hydrogen-bond acceptors (Lipinski definition) is 3. The maximum absolute atomic E-state index is 10.8. The van der Waals surface area contributed by atoms with Gasteiger partial charge in [0.15, 0.2) is 5.69 Å². The molecule has 70 valence electrons. The number of fused-ring (bicyclic) bond motifs is 1. The molecule has 4 nitrogen and oxygen atoms in total. The molecule has 0 saturated heterocycles. The normalized spacial score (nSPS) is 13.4. The van der Waals surface area contributed by atoms with E-state index in [9.17, 15) is 4.79 Å². The fraction of sp³-hybridized carbons (Fsp3) is 0.300. The molecule has 2 rings (SSSR count). The van der Waals surface area contributed by atoms with Crippen molar-refractivity contribution in [3.63, 3.8) is 0 Å². The minimum Gasteiger partial charge on any atom is -0.476 e. The number of carbonyl (C=O) groups is 1. The van der Waals surface area contributed by atoms with Gasteiger partial charge in [0.1, 0.15) is 6.07 Å². The van der Waals surface area contributed by atoms with Crippen LogP contribution in [0.2, 0.25) is 0 Å². The van der Waals surface area contributed by atoms with Crippen molar-refractivity contribution >= 4 is 5.97 Å². The summed E-state index contributed by atoms with van der Waals surface area (Å²) in [7, 11) is 0. The lowest BCUT2D eigenvalue weighted by Gasteiger charge is -2.03.